The number of hydrogen-bond donors (Lipinski definition) is 0. The highest BCUT2D eigenvalue weighted by Crippen LogP contribution is 2.28. The summed E-state index contributed by atoms with van der Waals surface area (Å²) in [6.07, 6.45) is 0. The number of fused-ring (bicyclic) bond motifs is 1. The molecule has 0 radical (unpaired) electrons. The largest absolute Gasteiger partial charge is 0.434 e. The van der Waals surface area contributed by atoms with Crippen molar-refractivity contribution in [1.29, 1.82) is 0 Å². The molecule has 0 spiro atoms. The van der Waals surface area contributed by atoms with Crippen molar-refractivity contribution in [1.82, 2.24) is 9.97 Å². The zero-order chi connectivity index (χ0) is 17.4. The highest BCUT2D eigenvalue weighted by Gasteiger charge is 2.19. The highest BCUT2D eigenvalue weighted by molar-refractivity contribution is 6.08. The highest BCUT2D eigenvalue weighted by atomic mass is 19.1. The first-order valence-electron chi connectivity index (χ1n) is 7.45. The first kappa shape index (κ1) is 15.1. The van der Waals surface area contributed by atoms with E-state index >= 15 is 0 Å². The van der Waals surface area contributed by atoms with Crippen LogP contribution in [0.5, 0.6) is 0 Å². The molecule has 4 nitrogen and oxygen atoms in total. The fourth-order valence-electron chi connectivity index (χ4n) is 2.49. The van der Waals surface area contributed by atoms with E-state index in [-0.39, 0.29) is 34.2 Å². The predicted molar refractivity (Wildman–Crippen MR) is 87.0 cm³/mol. The molecule has 0 saturated carbocycles. The zero-order valence-corrected chi connectivity index (χ0v) is 12.7. The number of carbonyl (C=O) groups excluding carboxylic acids is 1. The Labute approximate surface area is 140 Å². The summed E-state index contributed by atoms with van der Waals surface area (Å²) in [6.45, 7) is 0. The molecule has 0 amide bonds. The van der Waals surface area contributed by atoms with Crippen molar-refractivity contribution in [2.45, 2.75) is 0 Å². The van der Waals surface area contributed by atoms with Crippen LogP contribution in [0, 0.1) is 11.6 Å². The first-order chi connectivity index (χ1) is 12.1. The lowest BCUT2D eigenvalue weighted by atomic mass is 10.1. The summed E-state index contributed by atoms with van der Waals surface area (Å²) in [5, 5.41) is 0. The number of rotatable bonds is 3. The summed E-state index contributed by atoms with van der Waals surface area (Å²) < 4.78 is 33.1. The third-order valence-corrected chi connectivity index (χ3v) is 3.70. The van der Waals surface area contributed by atoms with Crippen LogP contribution in [0.2, 0.25) is 0 Å². The van der Waals surface area contributed by atoms with Crippen molar-refractivity contribution in [3.8, 4) is 11.5 Å². The van der Waals surface area contributed by atoms with Gasteiger partial charge in [0.1, 0.15) is 22.9 Å². The molecule has 122 valence electrons. The van der Waals surface area contributed by atoms with E-state index in [1.54, 1.807) is 30.3 Å². The average molecular weight is 336 g/mol. The lowest BCUT2D eigenvalue weighted by molar-refractivity contribution is 0.103. The Hall–Kier alpha value is -3.41. The van der Waals surface area contributed by atoms with Gasteiger partial charge in [-0.05, 0) is 24.3 Å². The van der Waals surface area contributed by atoms with E-state index < -0.39 is 11.6 Å². The summed E-state index contributed by atoms with van der Waals surface area (Å²) >= 11 is 0. The number of carbonyl (C=O) groups is 1. The third kappa shape index (κ3) is 2.67. The molecular formula is C19H10F2N2O2. The van der Waals surface area contributed by atoms with Crippen molar-refractivity contribution in [2.24, 2.45) is 0 Å². The number of pyridine rings is 1. The van der Waals surface area contributed by atoms with E-state index in [1.807, 2.05) is 0 Å². The van der Waals surface area contributed by atoms with Crippen LogP contribution in [0.25, 0.3) is 22.7 Å². The topological polar surface area (TPSA) is 56.0 Å². The molecule has 4 rings (SSSR count). The molecule has 4 aromatic rings. The average Bonchev–Trinajstić information content (AvgIpc) is 3.04. The molecule has 0 aliphatic carbocycles. The van der Waals surface area contributed by atoms with Crippen molar-refractivity contribution in [3.05, 3.63) is 83.6 Å². The maximum atomic E-state index is 13.9. The van der Waals surface area contributed by atoms with Gasteiger partial charge in [-0.2, -0.15) is 4.98 Å². The van der Waals surface area contributed by atoms with Crippen LogP contribution >= 0.6 is 0 Å². The fraction of sp³-hybridized carbons (Fsp3) is 0. The van der Waals surface area contributed by atoms with Crippen LogP contribution in [0.4, 0.5) is 8.78 Å². The number of nitrogens with zero attached hydrogens (tertiary/aromatic N) is 2. The summed E-state index contributed by atoms with van der Waals surface area (Å²) in [7, 11) is 0. The second-order valence-corrected chi connectivity index (χ2v) is 5.33. The van der Waals surface area contributed by atoms with Crippen molar-refractivity contribution >= 4 is 17.0 Å². The van der Waals surface area contributed by atoms with E-state index in [9.17, 15) is 13.6 Å². The van der Waals surface area contributed by atoms with E-state index in [0.29, 0.717) is 5.56 Å². The van der Waals surface area contributed by atoms with E-state index in [0.717, 1.165) is 12.1 Å². The number of aromatic nitrogens is 2. The first-order valence-corrected chi connectivity index (χ1v) is 7.45. The van der Waals surface area contributed by atoms with Crippen LogP contribution in [-0.2, 0) is 0 Å². The minimum atomic E-state index is -0.785. The minimum Gasteiger partial charge on any atom is -0.434 e. The number of benzene rings is 2. The Balaban J connectivity index is 1.79. The predicted octanol–water partition coefficient (Wildman–Crippen LogP) is 4.40. The van der Waals surface area contributed by atoms with Gasteiger partial charge in [0.2, 0.25) is 11.7 Å². The molecule has 0 fully saturated rings. The quantitative estimate of drug-likeness (QED) is 0.520. The Bertz CT molecular complexity index is 1070. The van der Waals surface area contributed by atoms with Crippen LogP contribution < -0.4 is 0 Å². The second kappa shape index (κ2) is 5.90. The molecule has 6 heteroatoms. The standard InChI is InChI=1S/C19H10F2N2O2/c20-12-7-4-8-13(21)16(12)19-23-18-15(25-19)10-9-14(22-18)17(24)11-5-2-1-3-6-11/h1-10H. The Morgan fingerprint density at radius 3 is 2.28 bits per heavy atom. The van der Waals surface area contributed by atoms with Crippen LogP contribution in [0.1, 0.15) is 16.1 Å². The van der Waals surface area contributed by atoms with Crippen molar-refractivity contribution < 1.29 is 18.0 Å². The molecule has 0 aliphatic rings. The summed E-state index contributed by atoms with van der Waals surface area (Å²) in [6, 6.07) is 15.1. The molecule has 0 N–H and O–H groups in total. The SMILES string of the molecule is O=C(c1ccccc1)c1ccc2oc(-c3c(F)cccc3F)nc2n1. The van der Waals surface area contributed by atoms with Gasteiger partial charge in [0.05, 0.1) is 0 Å². The summed E-state index contributed by atoms with van der Waals surface area (Å²) in [5.41, 5.74) is 0.643. The molecule has 2 aromatic carbocycles. The molecule has 0 unspecified atom stereocenters. The van der Waals surface area contributed by atoms with Crippen LogP contribution in [0.3, 0.4) is 0 Å². The molecule has 0 saturated heterocycles. The van der Waals surface area contributed by atoms with Gasteiger partial charge in [-0.25, -0.2) is 13.8 Å². The van der Waals surface area contributed by atoms with Gasteiger partial charge in [-0.3, -0.25) is 4.79 Å². The molecule has 0 atom stereocenters. The van der Waals surface area contributed by atoms with Gasteiger partial charge in [-0.15, -0.1) is 0 Å². The van der Waals surface area contributed by atoms with Gasteiger partial charge < -0.3 is 4.42 Å². The fourth-order valence-corrected chi connectivity index (χ4v) is 2.49. The number of halogens is 2. The second-order valence-electron chi connectivity index (χ2n) is 5.33. The van der Waals surface area contributed by atoms with Crippen molar-refractivity contribution in [2.75, 3.05) is 0 Å². The van der Waals surface area contributed by atoms with E-state index in [2.05, 4.69) is 9.97 Å². The minimum absolute atomic E-state index is 0.111. The van der Waals surface area contributed by atoms with Crippen LogP contribution in [-0.4, -0.2) is 15.8 Å². The van der Waals surface area contributed by atoms with Gasteiger partial charge in [-0.1, -0.05) is 36.4 Å². The molecule has 25 heavy (non-hydrogen) atoms. The lowest BCUT2D eigenvalue weighted by Crippen LogP contribution is -2.03. The molecule has 0 bridgehead atoms. The molecular weight excluding hydrogens is 326 g/mol. The monoisotopic (exact) mass is 336 g/mol. The maximum absolute atomic E-state index is 13.9. The molecule has 2 heterocycles. The number of ketones is 1. The smallest absolute Gasteiger partial charge is 0.234 e. The van der Waals surface area contributed by atoms with Crippen molar-refractivity contribution in [3.63, 3.8) is 0 Å². The van der Waals surface area contributed by atoms with E-state index in [1.165, 1.54) is 18.2 Å². The summed E-state index contributed by atoms with van der Waals surface area (Å²) in [5.74, 6) is -2.06. The Kier molecular flexibility index (Phi) is 3.57. The van der Waals surface area contributed by atoms with Crippen LogP contribution in [0.15, 0.2) is 65.1 Å². The van der Waals surface area contributed by atoms with Gasteiger partial charge in [0.15, 0.2) is 11.2 Å². The van der Waals surface area contributed by atoms with Gasteiger partial charge >= 0.3 is 0 Å². The normalized spacial score (nSPS) is 11.0. The Morgan fingerprint density at radius 1 is 0.840 bits per heavy atom. The van der Waals surface area contributed by atoms with Gasteiger partial charge in [0.25, 0.3) is 0 Å². The zero-order valence-electron chi connectivity index (χ0n) is 12.7. The third-order valence-electron chi connectivity index (χ3n) is 3.70. The van der Waals surface area contributed by atoms with Gasteiger partial charge in [0, 0.05) is 5.56 Å². The molecule has 0 aliphatic heterocycles. The maximum Gasteiger partial charge on any atom is 0.234 e. The Morgan fingerprint density at radius 2 is 1.56 bits per heavy atom. The van der Waals surface area contributed by atoms with E-state index in [4.69, 9.17) is 4.42 Å². The lowest BCUT2D eigenvalue weighted by Gasteiger charge is -1.99. The summed E-state index contributed by atoms with van der Waals surface area (Å²) in [4.78, 5) is 20.6. The number of hydrogen-bond acceptors (Lipinski definition) is 4. The number of oxazole rings is 1. The molecule has 2 aromatic heterocycles.